The Morgan fingerprint density at radius 2 is 1.65 bits per heavy atom. The van der Waals surface area contributed by atoms with E-state index in [1.165, 1.54) is 24.2 Å². The molecule has 1 N–H and O–H groups in total. The molecule has 6 nitrogen and oxygen atoms in total. The predicted octanol–water partition coefficient (Wildman–Crippen LogP) is 5.20. The van der Waals surface area contributed by atoms with Crippen LogP contribution in [0, 0.1) is 0 Å². The first-order chi connectivity index (χ1) is 14.7. The quantitative estimate of drug-likeness (QED) is 0.407. The number of hydrogen-bond acceptors (Lipinski definition) is 5. The Labute approximate surface area is 187 Å². The lowest BCUT2D eigenvalue weighted by Crippen LogP contribution is -2.14. The molecule has 0 unspecified atom stereocenters. The van der Waals surface area contributed by atoms with E-state index in [2.05, 4.69) is 60.6 Å². The highest BCUT2D eigenvalue weighted by Gasteiger charge is 2.17. The van der Waals surface area contributed by atoms with Crippen molar-refractivity contribution in [1.29, 1.82) is 0 Å². The van der Waals surface area contributed by atoms with Crippen molar-refractivity contribution in [1.82, 2.24) is 14.8 Å². The van der Waals surface area contributed by atoms with Gasteiger partial charge in [0.15, 0.2) is 16.8 Å². The minimum Gasteiger partial charge on any atom is -0.325 e. The maximum absolute atomic E-state index is 12.4. The van der Waals surface area contributed by atoms with Crippen molar-refractivity contribution in [3.63, 3.8) is 0 Å². The summed E-state index contributed by atoms with van der Waals surface area (Å²) in [6, 6.07) is 15.3. The van der Waals surface area contributed by atoms with Gasteiger partial charge in [-0.25, -0.2) is 0 Å². The topological polar surface area (TPSA) is 76.9 Å². The zero-order valence-corrected chi connectivity index (χ0v) is 19.4. The number of hydrogen-bond donors (Lipinski definition) is 1. The van der Waals surface area contributed by atoms with Crippen LogP contribution in [-0.2, 0) is 16.8 Å². The van der Waals surface area contributed by atoms with Crippen LogP contribution >= 0.6 is 11.8 Å². The third kappa shape index (κ3) is 5.61. The van der Waals surface area contributed by atoms with Crippen LogP contribution < -0.4 is 5.32 Å². The molecule has 0 radical (unpaired) electrons. The van der Waals surface area contributed by atoms with E-state index in [9.17, 15) is 9.59 Å². The van der Waals surface area contributed by atoms with Gasteiger partial charge in [-0.05, 0) is 49.1 Å². The summed E-state index contributed by atoms with van der Waals surface area (Å²) in [7, 11) is 0. The molecule has 0 saturated heterocycles. The number of amides is 1. The van der Waals surface area contributed by atoms with E-state index < -0.39 is 0 Å². The molecule has 0 saturated carbocycles. The van der Waals surface area contributed by atoms with Crippen molar-refractivity contribution >= 4 is 29.1 Å². The van der Waals surface area contributed by atoms with E-state index in [1.807, 2.05) is 11.5 Å². The molecule has 0 aliphatic carbocycles. The van der Waals surface area contributed by atoms with Crippen LogP contribution in [0.3, 0.4) is 0 Å². The number of Topliss-reactive ketones (excluding diaryl/α,β-unsaturated/α-hetero) is 1. The van der Waals surface area contributed by atoms with Crippen LogP contribution in [0.2, 0.25) is 0 Å². The number of anilines is 1. The predicted molar refractivity (Wildman–Crippen MR) is 126 cm³/mol. The second-order valence-electron chi connectivity index (χ2n) is 8.35. The van der Waals surface area contributed by atoms with Crippen molar-refractivity contribution in [2.75, 3.05) is 11.1 Å². The summed E-state index contributed by atoms with van der Waals surface area (Å²) >= 11 is 1.35. The molecule has 0 atom stereocenters. The average Bonchev–Trinajstić information content (AvgIpc) is 3.15. The van der Waals surface area contributed by atoms with Gasteiger partial charge in [-0.15, -0.1) is 10.2 Å². The lowest BCUT2D eigenvalue weighted by molar-refractivity contribution is -0.113. The first-order valence-corrected chi connectivity index (χ1v) is 11.3. The molecule has 0 aliphatic heterocycles. The summed E-state index contributed by atoms with van der Waals surface area (Å²) in [6.07, 6.45) is 0. The van der Waals surface area contributed by atoms with Gasteiger partial charge in [0.05, 0.1) is 5.75 Å². The Morgan fingerprint density at radius 3 is 2.19 bits per heavy atom. The monoisotopic (exact) mass is 436 g/mol. The van der Waals surface area contributed by atoms with E-state index in [4.69, 9.17) is 0 Å². The number of thioether (sulfide) groups is 1. The van der Waals surface area contributed by atoms with E-state index in [0.717, 1.165) is 11.4 Å². The molecule has 7 heteroatoms. The van der Waals surface area contributed by atoms with Crippen LogP contribution in [-0.4, -0.2) is 32.2 Å². The number of rotatable bonds is 7. The Bertz CT molecular complexity index is 1060. The van der Waals surface area contributed by atoms with Gasteiger partial charge < -0.3 is 9.88 Å². The molecular weight excluding hydrogens is 408 g/mol. The SMILES string of the molecule is CCn1c(SCC(=O)Nc2ccc(C(C)=O)cc2)nnc1-c1ccc(C(C)(C)C)cc1. The van der Waals surface area contributed by atoms with Crippen LogP contribution in [0.15, 0.2) is 53.7 Å². The number of carbonyl (C=O) groups is 2. The summed E-state index contributed by atoms with van der Waals surface area (Å²) in [5, 5.41) is 12.2. The Kier molecular flexibility index (Phi) is 6.95. The second kappa shape index (κ2) is 9.47. The lowest BCUT2D eigenvalue weighted by atomic mass is 9.87. The fourth-order valence-electron chi connectivity index (χ4n) is 3.13. The van der Waals surface area contributed by atoms with Crippen molar-refractivity contribution in [3.05, 3.63) is 59.7 Å². The minimum atomic E-state index is -0.137. The zero-order chi connectivity index (χ0) is 22.6. The van der Waals surface area contributed by atoms with Gasteiger partial charge in [-0.2, -0.15) is 0 Å². The number of ketones is 1. The third-order valence-electron chi connectivity index (χ3n) is 4.95. The molecular formula is C24H28N4O2S. The van der Waals surface area contributed by atoms with Gasteiger partial charge in [0.25, 0.3) is 0 Å². The Hall–Kier alpha value is -2.93. The summed E-state index contributed by atoms with van der Waals surface area (Å²) in [6.45, 7) is 10.8. The number of nitrogens with zero attached hydrogens (tertiary/aromatic N) is 3. The molecule has 1 aromatic heterocycles. The standard InChI is InChI=1S/C24H28N4O2S/c1-6-28-22(18-7-11-19(12-8-18)24(3,4)5)26-27-23(28)31-15-21(30)25-20-13-9-17(10-14-20)16(2)29/h7-14H,6,15H2,1-5H3,(H,25,30). The molecule has 3 aromatic rings. The highest BCUT2D eigenvalue weighted by molar-refractivity contribution is 7.99. The largest absolute Gasteiger partial charge is 0.325 e. The summed E-state index contributed by atoms with van der Waals surface area (Å²) in [5.74, 6) is 0.874. The smallest absolute Gasteiger partial charge is 0.234 e. The van der Waals surface area contributed by atoms with Crippen LogP contribution in [0.5, 0.6) is 0 Å². The molecule has 162 valence electrons. The number of carbonyl (C=O) groups excluding carboxylic acids is 2. The van der Waals surface area contributed by atoms with Gasteiger partial charge in [0, 0.05) is 23.4 Å². The van der Waals surface area contributed by atoms with E-state index in [1.54, 1.807) is 24.3 Å². The lowest BCUT2D eigenvalue weighted by Gasteiger charge is -2.19. The van der Waals surface area contributed by atoms with Gasteiger partial charge in [0.2, 0.25) is 5.91 Å². The van der Waals surface area contributed by atoms with Gasteiger partial charge in [0.1, 0.15) is 0 Å². The molecule has 0 fully saturated rings. The molecule has 0 spiro atoms. The summed E-state index contributed by atoms with van der Waals surface area (Å²) < 4.78 is 2.02. The van der Waals surface area contributed by atoms with Gasteiger partial charge >= 0.3 is 0 Å². The fourth-order valence-corrected chi connectivity index (χ4v) is 3.93. The molecule has 2 aromatic carbocycles. The minimum absolute atomic E-state index is 0.00353. The van der Waals surface area contributed by atoms with Crippen LogP contribution in [0.4, 0.5) is 5.69 Å². The molecule has 1 amide bonds. The van der Waals surface area contributed by atoms with Crippen molar-refractivity contribution in [3.8, 4) is 11.4 Å². The number of aromatic nitrogens is 3. The van der Waals surface area contributed by atoms with Crippen LogP contribution in [0.25, 0.3) is 11.4 Å². The third-order valence-corrected chi connectivity index (χ3v) is 5.92. The highest BCUT2D eigenvalue weighted by Crippen LogP contribution is 2.27. The molecule has 0 aliphatic rings. The molecule has 3 rings (SSSR count). The Morgan fingerprint density at radius 1 is 1.00 bits per heavy atom. The van der Waals surface area contributed by atoms with E-state index in [-0.39, 0.29) is 22.9 Å². The van der Waals surface area contributed by atoms with Crippen LogP contribution in [0.1, 0.15) is 50.5 Å². The number of benzene rings is 2. The highest BCUT2D eigenvalue weighted by atomic mass is 32.2. The van der Waals surface area contributed by atoms with Crippen molar-refractivity contribution in [2.45, 2.75) is 51.7 Å². The van der Waals surface area contributed by atoms with Crippen molar-refractivity contribution in [2.24, 2.45) is 0 Å². The molecule has 31 heavy (non-hydrogen) atoms. The maximum atomic E-state index is 12.4. The normalized spacial score (nSPS) is 11.4. The molecule has 1 heterocycles. The zero-order valence-electron chi connectivity index (χ0n) is 18.6. The van der Waals surface area contributed by atoms with E-state index in [0.29, 0.717) is 23.0 Å². The van der Waals surface area contributed by atoms with E-state index >= 15 is 0 Å². The van der Waals surface area contributed by atoms with Crippen molar-refractivity contribution < 1.29 is 9.59 Å². The number of nitrogens with one attached hydrogen (secondary N) is 1. The first kappa shape index (κ1) is 22.7. The summed E-state index contributed by atoms with van der Waals surface area (Å²) in [5.41, 5.74) is 3.64. The average molecular weight is 437 g/mol. The Balaban J connectivity index is 1.66. The molecule has 0 bridgehead atoms. The second-order valence-corrected chi connectivity index (χ2v) is 9.29. The maximum Gasteiger partial charge on any atom is 0.234 e. The fraction of sp³-hybridized carbons (Fsp3) is 0.333. The summed E-state index contributed by atoms with van der Waals surface area (Å²) in [4.78, 5) is 23.7. The van der Waals surface area contributed by atoms with Gasteiger partial charge in [-0.1, -0.05) is 56.8 Å². The van der Waals surface area contributed by atoms with Gasteiger partial charge in [-0.3, -0.25) is 9.59 Å². The first-order valence-electron chi connectivity index (χ1n) is 10.3.